The van der Waals surface area contributed by atoms with Gasteiger partial charge >= 0.3 is 5.69 Å². The Morgan fingerprint density at radius 3 is 1.43 bits per heavy atom. The van der Waals surface area contributed by atoms with Crippen molar-refractivity contribution in [2.45, 2.75) is 275 Å². The largest absolute Gasteiger partial charge is 0.364 e. The average molecular weight is 2040 g/mol. The molecular weight excluding hydrogens is 1860 g/mol. The molecule has 11 heterocycles. The lowest BCUT2D eigenvalue weighted by Crippen LogP contribution is -2.21. The van der Waals surface area contributed by atoms with Crippen LogP contribution in [0.5, 0.6) is 0 Å². The van der Waals surface area contributed by atoms with Crippen LogP contribution in [0.4, 0.5) is 0 Å². The molecule has 0 bridgehead atoms. The summed E-state index contributed by atoms with van der Waals surface area (Å²) in [7, 11) is 0. The van der Waals surface area contributed by atoms with Crippen LogP contribution in [0.2, 0.25) is 0 Å². The van der Waals surface area contributed by atoms with Crippen LogP contribution in [0.15, 0.2) is 360 Å². The summed E-state index contributed by atoms with van der Waals surface area (Å²) in [6, 6.07) is 92.9. The quantitative estimate of drug-likeness (QED) is 0.146. The normalized spacial score (nSPS) is 10.1. The van der Waals surface area contributed by atoms with Gasteiger partial charge in [-0.1, -0.05) is 388 Å². The van der Waals surface area contributed by atoms with E-state index < -0.39 is 0 Å². The van der Waals surface area contributed by atoms with Gasteiger partial charge in [-0.2, -0.15) is 10.2 Å². The van der Waals surface area contributed by atoms with E-state index in [-0.39, 0.29) is 16.8 Å². The maximum Gasteiger partial charge on any atom is 0.347 e. The van der Waals surface area contributed by atoms with Crippen molar-refractivity contribution in [3.05, 3.63) is 423 Å². The maximum atomic E-state index is 11.2. The Labute approximate surface area is 898 Å². The first-order valence-electron chi connectivity index (χ1n) is 52.8. The molecule has 0 saturated carbocycles. The molecular formula is C128H179N15O3S2. The number of nitrogens with zero attached hydrogens (tertiary/aromatic N) is 12. The van der Waals surface area contributed by atoms with Gasteiger partial charge in [0, 0.05) is 104 Å². The second kappa shape index (κ2) is 87.2. The molecule has 0 aliphatic carbocycles. The summed E-state index contributed by atoms with van der Waals surface area (Å²) in [6.45, 7) is 76.8. The Hall–Kier alpha value is -14.1. The number of aromatic nitrogens is 14. The van der Waals surface area contributed by atoms with Crippen molar-refractivity contribution in [1.29, 1.82) is 0 Å². The van der Waals surface area contributed by atoms with Crippen molar-refractivity contribution >= 4 is 99.2 Å². The molecule has 21 rings (SSSR count). The summed E-state index contributed by atoms with van der Waals surface area (Å²) in [4.78, 5) is 54.0. The second-order valence-corrected chi connectivity index (χ2v) is 32.2. The van der Waals surface area contributed by atoms with Crippen LogP contribution in [-0.2, 0) is 5.54 Å². The SMILES string of the molecule is CC.CC.CC.CC.CC.CC.CC.CC.CC.CC.CC.CC.CC(C)(C)n1cncn1.CC1CSCN1.Cc1cc2ccccc2[nH]c1=O.Cc1ccc(-c2cnoc2)cc1.Cc1ccc(-n2cn[nH]c2=O)cc1.Cc1ccc2ccccc2c1.Cc1ccc2cccnc2c1.Cc1ccc2cnccc2n1.Cc1cccc2ccccc12.Cc1cccc2cccnc12.Cc1cnc2ccccc2c1.Cc1cscn1. The van der Waals surface area contributed by atoms with Crippen molar-refractivity contribution in [2.75, 3.05) is 11.6 Å². The predicted molar refractivity (Wildman–Crippen MR) is 654 cm³/mol. The monoisotopic (exact) mass is 2040 g/mol. The summed E-state index contributed by atoms with van der Waals surface area (Å²) in [5.74, 6) is 2.45. The molecule has 1 aliphatic heterocycles. The molecule has 796 valence electrons. The molecule has 0 amide bonds. The van der Waals surface area contributed by atoms with Gasteiger partial charge in [0.15, 0.2) is 0 Å². The van der Waals surface area contributed by atoms with Gasteiger partial charge in [-0.15, -0.1) is 23.1 Å². The summed E-state index contributed by atoms with van der Waals surface area (Å²) in [5.41, 5.74) is 21.5. The molecule has 1 fully saturated rings. The van der Waals surface area contributed by atoms with Gasteiger partial charge in [0.25, 0.3) is 5.56 Å². The van der Waals surface area contributed by atoms with E-state index in [0.29, 0.717) is 0 Å². The third-order valence-electron chi connectivity index (χ3n) is 19.0. The van der Waals surface area contributed by atoms with Gasteiger partial charge in [0.05, 0.1) is 45.0 Å². The first kappa shape index (κ1) is 138. The highest BCUT2D eigenvalue weighted by Crippen LogP contribution is 2.22. The van der Waals surface area contributed by atoms with Crippen molar-refractivity contribution in [1.82, 2.24) is 74.9 Å². The lowest BCUT2D eigenvalue weighted by atomic mass is 10.1. The number of rotatable bonds is 2. The van der Waals surface area contributed by atoms with E-state index in [2.05, 4.69) is 305 Å². The van der Waals surface area contributed by atoms with Crippen LogP contribution in [0.3, 0.4) is 0 Å². The fourth-order valence-corrected chi connectivity index (χ4v) is 13.7. The highest BCUT2D eigenvalue weighted by molar-refractivity contribution is 7.99. The van der Waals surface area contributed by atoms with Gasteiger partial charge in [-0.3, -0.25) is 34.7 Å². The Morgan fingerprint density at radius 2 is 0.905 bits per heavy atom. The first-order valence-corrected chi connectivity index (χ1v) is 54.9. The molecule has 0 spiro atoms. The summed E-state index contributed by atoms with van der Waals surface area (Å²) < 4.78 is 8.03. The van der Waals surface area contributed by atoms with Gasteiger partial charge in [-0.05, 0) is 224 Å². The number of aryl methyl sites for hydroxylation is 10. The number of fused-ring (bicyclic) bond motifs is 7. The van der Waals surface area contributed by atoms with Crippen molar-refractivity contribution in [2.24, 2.45) is 0 Å². The van der Waals surface area contributed by atoms with E-state index in [9.17, 15) is 9.59 Å². The molecule has 1 aliphatic rings. The van der Waals surface area contributed by atoms with Gasteiger partial charge in [-0.25, -0.2) is 24.1 Å². The van der Waals surface area contributed by atoms with Crippen molar-refractivity contribution < 1.29 is 4.52 Å². The number of hydrogen-bond donors (Lipinski definition) is 3. The number of aromatic amines is 2. The van der Waals surface area contributed by atoms with Crippen LogP contribution >= 0.6 is 23.1 Å². The van der Waals surface area contributed by atoms with Gasteiger partial charge in [0.2, 0.25) is 0 Å². The van der Waals surface area contributed by atoms with E-state index in [0.717, 1.165) is 84.0 Å². The van der Waals surface area contributed by atoms with Crippen molar-refractivity contribution in [3.63, 3.8) is 0 Å². The molecule has 1 saturated heterocycles. The summed E-state index contributed by atoms with van der Waals surface area (Å²) in [5, 5.41) is 30.1. The Bertz CT molecular complexity index is 6290. The number of thioether (sulfide) groups is 1. The molecule has 20 aromatic rings. The van der Waals surface area contributed by atoms with Crippen molar-refractivity contribution in [3.8, 4) is 16.8 Å². The molecule has 18 nitrogen and oxygen atoms in total. The van der Waals surface area contributed by atoms with Crippen LogP contribution < -0.4 is 16.6 Å². The predicted octanol–water partition coefficient (Wildman–Crippen LogP) is 36.7. The van der Waals surface area contributed by atoms with Gasteiger partial charge in [0.1, 0.15) is 25.2 Å². The molecule has 20 heteroatoms. The maximum absolute atomic E-state index is 11.2. The van der Waals surface area contributed by atoms with E-state index in [1.165, 1.54) is 93.3 Å². The van der Waals surface area contributed by atoms with E-state index in [4.69, 9.17) is 4.52 Å². The van der Waals surface area contributed by atoms with E-state index >= 15 is 0 Å². The molecule has 3 N–H and O–H groups in total. The van der Waals surface area contributed by atoms with Crippen LogP contribution in [0, 0.1) is 69.2 Å². The number of benzene rings is 10. The third-order valence-corrected chi connectivity index (χ3v) is 20.9. The number of H-pyrrole nitrogens is 2. The lowest BCUT2D eigenvalue weighted by molar-refractivity contribution is 0.354. The molecule has 1 unspecified atom stereocenters. The van der Waals surface area contributed by atoms with Crippen LogP contribution in [0.1, 0.15) is 250 Å². The molecule has 10 aromatic heterocycles. The van der Waals surface area contributed by atoms with Crippen LogP contribution in [0.25, 0.3) is 92.9 Å². The molecule has 148 heavy (non-hydrogen) atoms. The zero-order valence-corrected chi connectivity index (χ0v) is 98.4. The number of thiazole rings is 1. The van der Waals surface area contributed by atoms with E-state index in [1.807, 2.05) is 349 Å². The van der Waals surface area contributed by atoms with Crippen LogP contribution in [-0.4, -0.2) is 87.2 Å². The highest BCUT2D eigenvalue weighted by Gasteiger charge is 2.12. The third kappa shape index (κ3) is 54.9. The molecule has 10 aromatic carbocycles. The fraction of sp³-hybridized carbons (Fsp3) is 0.328. The summed E-state index contributed by atoms with van der Waals surface area (Å²) in [6.07, 6.45) is 17.2. The number of pyridine rings is 6. The highest BCUT2D eigenvalue weighted by atomic mass is 32.2. The fourth-order valence-electron chi connectivity index (χ4n) is 12.2. The number of hydrogen-bond acceptors (Lipinski definition) is 16. The zero-order chi connectivity index (χ0) is 112. The summed E-state index contributed by atoms with van der Waals surface area (Å²) >= 11 is 3.60. The minimum Gasteiger partial charge on any atom is -0.364 e. The van der Waals surface area contributed by atoms with Gasteiger partial charge < -0.3 is 14.8 Å². The second-order valence-electron chi connectivity index (χ2n) is 30.5. The Kier molecular flexibility index (Phi) is 81.3. The Balaban J connectivity index is -0.00000153. The standard InChI is InChI=1S/2C11H10.2C10H9NO.3C10H9N.C9H9N3O.C9H8N2.C6H11N3.C4H9NS.C4H5NS.12C2H6/c1-9-5-4-7-10-6-2-3-8-11(9)10;1-9-6-7-10-4-2-3-5-11(10)8-9;1-8-2-4-9(5-3-8)10-6-11-12-7-10;1-7-6-8-4-2-3-5-9(8)11-10(7)12;1-8-4-2-5-9-6-3-7-11-10(8)9;1-8-4-5-9-3-2-6-11-10(9)7-8;1-8-6-9-4-2-3-5-10(9)11-7-8;1-7-2-4-8(5-3-7)12-6-10-11-9(12)13;1-7-2-3-8-6-10-5-4-9(8)11-7;1-6(2,3)9-5-7-4-8-9;2*1-4-2-6-3-5-4;12*1-2/h2*2-8H,1H3;2-7H,1H3;2-6H,1H3,(H,11,12);3*2-7H,1H3;2-6H,1H3,(H,11,13);2-6H,1H3;4-5H,1-3H3;4-5H,2-3H2,1H3;2-3H,1H3;12*1-2H3. The smallest absolute Gasteiger partial charge is 0.347 e. The zero-order valence-electron chi connectivity index (χ0n) is 96.8. The Morgan fingerprint density at radius 1 is 0.385 bits per heavy atom. The molecule has 1 atom stereocenters. The number of nitrogens with one attached hydrogen (secondary N) is 3. The number of para-hydroxylation sites is 3. The topological polar surface area (TPSA) is 230 Å². The first-order chi connectivity index (χ1) is 72.0. The minimum absolute atomic E-state index is 0.00583. The minimum atomic E-state index is -0.219. The average Bonchev–Trinajstić information content (AvgIpc) is 1.05. The van der Waals surface area contributed by atoms with E-state index in [1.54, 1.807) is 42.6 Å². The molecule has 0 radical (unpaired) electrons. The lowest BCUT2D eigenvalue weighted by Gasteiger charge is -2.17.